The summed E-state index contributed by atoms with van der Waals surface area (Å²) >= 11 is 5.93. The van der Waals surface area contributed by atoms with E-state index in [1.54, 1.807) is 7.05 Å². The molecule has 98 valence electrons. The molecule has 1 aromatic rings. The van der Waals surface area contributed by atoms with Crippen LogP contribution in [0.5, 0.6) is 0 Å². The van der Waals surface area contributed by atoms with Gasteiger partial charge in [-0.2, -0.15) is 9.97 Å². The molecule has 2 atom stereocenters. The summed E-state index contributed by atoms with van der Waals surface area (Å²) in [4.78, 5) is 8.20. The predicted octanol–water partition coefficient (Wildman–Crippen LogP) is 1.10. The van der Waals surface area contributed by atoms with Crippen molar-refractivity contribution in [2.45, 2.75) is 12.5 Å². The van der Waals surface area contributed by atoms with Crippen LogP contribution in [0.15, 0.2) is 12.2 Å². The summed E-state index contributed by atoms with van der Waals surface area (Å²) in [6.07, 6.45) is 4.79. The number of halogens is 1. The maximum absolute atomic E-state index is 9.07. The second-order valence-corrected chi connectivity index (χ2v) is 4.52. The Bertz CT molecular complexity index is 465. The Kier molecular flexibility index (Phi) is 3.88. The number of hydrogen-bond acceptors (Lipinski definition) is 6. The molecule has 0 radical (unpaired) electrons. The van der Waals surface area contributed by atoms with Crippen LogP contribution in [0.2, 0.25) is 5.15 Å². The number of nitrogens with two attached hydrogens (primary N) is 1. The quantitative estimate of drug-likeness (QED) is 0.483. The Morgan fingerprint density at radius 3 is 2.89 bits per heavy atom. The summed E-state index contributed by atoms with van der Waals surface area (Å²) in [5, 5.41) is 15.3. The van der Waals surface area contributed by atoms with Crippen molar-refractivity contribution in [1.29, 1.82) is 0 Å². The van der Waals surface area contributed by atoms with Crippen LogP contribution in [0.4, 0.5) is 17.5 Å². The highest BCUT2D eigenvalue weighted by Crippen LogP contribution is 2.28. The lowest BCUT2D eigenvalue weighted by molar-refractivity contribution is 0.250. The van der Waals surface area contributed by atoms with Gasteiger partial charge in [-0.3, -0.25) is 0 Å². The van der Waals surface area contributed by atoms with Crippen LogP contribution in [-0.4, -0.2) is 34.8 Å². The number of hydrogen-bond donors (Lipinski definition) is 4. The molecule has 1 aromatic heterocycles. The topological polar surface area (TPSA) is 96.1 Å². The number of nitrogen functional groups attached to an aromatic ring is 1. The molecule has 1 aliphatic rings. The van der Waals surface area contributed by atoms with Gasteiger partial charge in [0.25, 0.3) is 0 Å². The molecule has 1 aliphatic carbocycles. The fourth-order valence-corrected chi connectivity index (χ4v) is 2.03. The van der Waals surface area contributed by atoms with Crippen molar-refractivity contribution < 1.29 is 5.11 Å². The average molecular weight is 270 g/mol. The molecule has 7 heteroatoms. The molecule has 0 aliphatic heterocycles. The van der Waals surface area contributed by atoms with Gasteiger partial charge in [-0.1, -0.05) is 23.8 Å². The number of anilines is 3. The smallest absolute Gasteiger partial charge is 0.225 e. The largest absolute Gasteiger partial charge is 0.396 e. The minimum Gasteiger partial charge on any atom is -0.396 e. The first-order valence-corrected chi connectivity index (χ1v) is 6.08. The molecule has 0 spiro atoms. The first-order valence-electron chi connectivity index (χ1n) is 5.70. The van der Waals surface area contributed by atoms with Crippen molar-refractivity contribution in [2.75, 3.05) is 30.0 Å². The van der Waals surface area contributed by atoms with Gasteiger partial charge in [0.2, 0.25) is 5.95 Å². The normalized spacial score (nSPS) is 22.2. The first kappa shape index (κ1) is 12.9. The van der Waals surface area contributed by atoms with E-state index in [1.165, 1.54) is 0 Å². The molecule has 0 bridgehead atoms. The van der Waals surface area contributed by atoms with Gasteiger partial charge >= 0.3 is 0 Å². The van der Waals surface area contributed by atoms with Gasteiger partial charge in [0.15, 0.2) is 11.0 Å². The zero-order valence-electron chi connectivity index (χ0n) is 10.0. The molecular weight excluding hydrogens is 254 g/mol. The summed E-state index contributed by atoms with van der Waals surface area (Å²) in [6, 6.07) is 0.0973. The van der Waals surface area contributed by atoms with Crippen molar-refractivity contribution in [3.8, 4) is 0 Å². The zero-order chi connectivity index (χ0) is 13.1. The molecule has 2 rings (SSSR count). The van der Waals surface area contributed by atoms with E-state index < -0.39 is 0 Å². The Hall–Kier alpha value is -1.53. The lowest BCUT2D eigenvalue weighted by Crippen LogP contribution is -2.19. The average Bonchev–Trinajstić information content (AvgIpc) is 2.82. The third-order valence-corrected chi connectivity index (χ3v) is 3.14. The molecule has 0 saturated heterocycles. The molecule has 0 aromatic carbocycles. The van der Waals surface area contributed by atoms with Gasteiger partial charge in [0.1, 0.15) is 5.69 Å². The third kappa shape index (κ3) is 2.65. The third-order valence-electron chi connectivity index (χ3n) is 2.85. The highest BCUT2D eigenvalue weighted by atomic mass is 35.5. The number of nitrogens with zero attached hydrogens (tertiary/aromatic N) is 2. The van der Waals surface area contributed by atoms with Gasteiger partial charge in [-0.15, -0.1) is 0 Å². The van der Waals surface area contributed by atoms with E-state index in [2.05, 4.69) is 20.6 Å². The molecule has 0 unspecified atom stereocenters. The Balaban J connectivity index is 2.14. The van der Waals surface area contributed by atoms with Crippen LogP contribution >= 0.6 is 11.6 Å². The standard InChI is InChI=1S/C11H16ClN5O/c1-14-11-16-9(12)8(13)10(17-11)15-7-3-2-6(4-7)5-18/h2-3,6-7,18H,4-5,13H2,1H3,(H2,14,15,16,17)/t6-,7+/m1/s1. The zero-order valence-corrected chi connectivity index (χ0v) is 10.8. The fraction of sp³-hybridized carbons (Fsp3) is 0.455. The van der Waals surface area contributed by atoms with Crippen LogP contribution in [0.3, 0.4) is 0 Å². The van der Waals surface area contributed by atoms with E-state index in [4.69, 9.17) is 22.4 Å². The van der Waals surface area contributed by atoms with E-state index in [1.807, 2.05) is 12.2 Å². The van der Waals surface area contributed by atoms with Gasteiger partial charge < -0.3 is 21.5 Å². The van der Waals surface area contributed by atoms with E-state index in [0.717, 1.165) is 6.42 Å². The fourth-order valence-electron chi connectivity index (χ4n) is 1.86. The number of rotatable bonds is 4. The second kappa shape index (κ2) is 5.41. The maximum atomic E-state index is 9.07. The molecule has 6 nitrogen and oxygen atoms in total. The predicted molar refractivity (Wildman–Crippen MR) is 72.7 cm³/mol. The highest BCUT2D eigenvalue weighted by Gasteiger charge is 2.20. The summed E-state index contributed by atoms with van der Waals surface area (Å²) in [7, 11) is 1.71. The van der Waals surface area contributed by atoms with Crippen LogP contribution in [0.1, 0.15) is 6.42 Å². The van der Waals surface area contributed by atoms with Gasteiger partial charge in [0.05, 0.1) is 0 Å². The van der Waals surface area contributed by atoms with Crippen LogP contribution < -0.4 is 16.4 Å². The van der Waals surface area contributed by atoms with E-state index in [0.29, 0.717) is 17.5 Å². The Labute approximate surface area is 110 Å². The molecule has 0 amide bonds. The highest BCUT2D eigenvalue weighted by molar-refractivity contribution is 6.32. The van der Waals surface area contributed by atoms with Crippen LogP contribution in [0, 0.1) is 5.92 Å². The van der Waals surface area contributed by atoms with E-state index >= 15 is 0 Å². The number of aliphatic hydroxyl groups is 1. The summed E-state index contributed by atoms with van der Waals surface area (Å²) in [5.41, 5.74) is 6.16. The molecule has 5 N–H and O–H groups in total. The molecule has 0 fully saturated rings. The van der Waals surface area contributed by atoms with Crippen molar-refractivity contribution in [1.82, 2.24) is 9.97 Å². The van der Waals surface area contributed by atoms with Crippen LogP contribution in [0.25, 0.3) is 0 Å². The molecule has 18 heavy (non-hydrogen) atoms. The lowest BCUT2D eigenvalue weighted by Gasteiger charge is -2.16. The summed E-state index contributed by atoms with van der Waals surface area (Å²) in [6.45, 7) is 0.149. The molecule has 0 saturated carbocycles. The lowest BCUT2D eigenvalue weighted by atomic mass is 10.1. The van der Waals surface area contributed by atoms with E-state index in [9.17, 15) is 0 Å². The number of aromatic nitrogens is 2. The van der Waals surface area contributed by atoms with Gasteiger partial charge in [0, 0.05) is 25.6 Å². The van der Waals surface area contributed by atoms with Gasteiger partial charge in [-0.05, 0) is 6.42 Å². The number of nitrogens with one attached hydrogen (secondary N) is 2. The van der Waals surface area contributed by atoms with Crippen molar-refractivity contribution in [3.05, 3.63) is 17.3 Å². The minimum absolute atomic E-state index is 0.0973. The SMILES string of the molecule is CNc1nc(Cl)c(N)c(N[C@H]2C=C[C@@H](CO)C2)n1. The van der Waals surface area contributed by atoms with Crippen molar-refractivity contribution >= 4 is 29.1 Å². The molecule has 1 heterocycles. The first-order chi connectivity index (χ1) is 8.63. The van der Waals surface area contributed by atoms with E-state index in [-0.39, 0.29) is 23.7 Å². The van der Waals surface area contributed by atoms with Crippen LogP contribution in [-0.2, 0) is 0 Å². The molecular formula is C11H16ClN5O. The Morgan fingerprint density at radius 2 is 2.28 bits per heavy atom. The minimum atomic E-state index is 0.0973. The second-order valence-electron chi connectivity index (χ2n) is 4.16. The van der Waals surface area contributed by atoms with Gasteiger partial charge in [-0.25, -0.2) is 0 Å². The maximum Gasteiger partial charge on any atom is 0.225 e. The number of aliphatic hydroxyl groups excluding tert-OH is 1. The summed E-state index contributed by atoms with van der Waals surface area (Å²) < 4.78 is 0. The summed E-state index contributed by atoms with van der Waals surface area (Å²) in [5.74, 6) is 1.11. The van der Waals surface area contributed by atoms with Crippen molar-refractivity contribution in [3.63, 3.8) is 0 Å². The van der Waals surface area contributed by atoms with Crippen molar-refractivity contribution in [2.24, 2.45) is 5.92 Å². The monoisotopic (exact) mass is 269 g/mol. The Morgan fingerprint density at radius 1 is 1.50 bits per heavy atom.